The molecule has 0 aromatic heterocycles. The van der Waals surface area contributed by atoms with Crippen LogP contribution in [0.15, 0.2) is 12.2 Å². The number of nitrogens with two attached hydrogens (primary N) is 1. The lowest BCUT2D eigenvalue weighted by Gasteiger charge is -2.17. The number of hydrogen-bond donors (Lipinski definition) is 3. The van der Waals surface area contributed by atoms with Crippen molar-refractivity contribution >= 4 is 5.97 Å². The highest BCUT2D eigenvalue weighted by Crippen LogP contribution is 2.29. The molecule has 0 aliphatic heterocycles. The Morgan fingerprint density at radius 1 is 1.40 bits per heavy atom. The molecule has 3 unspecified atom stereocenters. The molecular formula is C15H31NO4. The molecule has 0 aromatic carbocycles. The number of aliphatic carboxylic acids is 1. The summed E-state index contributed by atoms with van der Waals surface area (Å²) >= 11 is 0. The molecular weight excluding hydrogens is 258 g/mol. The van der Waals surface area contributed by atoms with Crippen molar-refractivity contribution in [2.24, 2.45) is 17.6 Å². The Morgan fingerprint density at radius 3 is 2.20 bits per heavy atom. The predicted molar refractivity (Wildman–Crippen MR) is 81.5 cm³/mol. The van der Waals surface area contributed by atoms with Crippen molar-refractivity contribution in [3.8, 4) is 0 Å². The fourth-order valence-electron chi connectivity index (χ4n) is 2.21. The summed E-state index contributed by atoms with van der Waals surface area (Å²) < 4.78 is 0. The van der Waals surface area contributed by atoms with E-state index in [9.17, 15) is 9.90 Å². The monoisotopic (exact) mass is 289 g/mol. The molecule has 0 aromatic rings. The van der Waals surface area contributed by atoms with E-state index in [2.05, 4.69) is 20.4 Å². The summed E-state index contributed by atoms with van der Waals surface area (Å²) in [6.45, 7) is 9.11. The summed E-state index contributed by atoms with van der Waals surface area (Å²) in [5.74, 6) is 0.436. The molecule has 6 N–H and O–H groups in total. The van der Waals surface area contributed by atoms with Gasteiger partial charge in [0.1, 0.15) is 0 Å². The van der Waals surface area contributed by atoms with Gasteiger partial charge in [0.25, 0.3) is 0 Å². The molecule has 5 nitrogen and oxygen atoms in total. The third-order valence-electron chi connectivity index (χ3n) is 3.54. The quantitative estimate of drug-likeness (QED) is 0.668. The van der Waals surface area contributed by atoms with E-state index in [-0.39, 0.29) is 23.2 Å². The van der Waals surface area contributed by atoms with E-state index >= 15 is 0 Å². The molecule has 120 valence electrons. The Morgan fingerprint density at radius 2 is 1.90 bits per heavy atom. The van der Waals surface area contributed by atoms with E-state index in [1.807, 2.05) is 0 Å². The summed E-state index contributed by atoms with van der Waals surface area (Å²) in [6, 6.07) is 0.0483. The summed E-state index contributed by atoms with van der Waals surface area (Å²) in [7, 11) is 0. The second-order valence-corrected chi connectivity index (χ2v) is 5.89. The highest BCUT2D eigenvalue weighted by molar-refractivity contribution is 5.84. The van der Waals surface area contributed by atoms with E-state index in [1.54, 1.807) is 0 Å². The topological polar surface area (TPSA) is 115 Å². The molecule has 0 amide bonds. The Bertz CT molecular complexity index is 280. The van der Waals surface area contributed by atoms with Crippen molar-refractivity contribution in [3.05, 3.63) is 12.2 Å². The van der Waals surface area contributed by atoms with Gasteiger partial charge in [-0.15, -0.1) is 0 Å². The van der Waals surface area contributed by atoms with Crippen LogP contribution in [-0.4, -0.2) is 33.8 Å². The van der Waals surface area contributed by atoms with Crippen molar-refractivity contribution in [2.75, 3.05) is 0 Å². The van der Waals surface area contributed by atoms with Crippen molar-refractivity contribution in [1.29, 1.82) is 0 Å². The Balaban J connectivity index is 0. The van der Waals surface area contributed by atoms with Crippen LogP contribution in [0.4, 0.5) is 0 Å². The Hall–Kier alpha value is -0.910. The van der Waals surface area contributed by atoms with E-state index in [0.717, 1.165) is 18.8 Å². The third-order valence-corrected chi connectivity index (χ3v) is 3.54. The zero-order valence-corrected chi connectivity index (χ0v) is 12.9. The molecule has 1 aliphatic rings. The average molecular weight is 289 g/mol. The first-order valence-corrected chi connectivity index (χ1v) is 7.08. The first kappa shape index (κ1) is 21.4. The minimum Gasteiger partial charge on any atom is -0.478 e. The maximum atomic E-state index is 9.60. The lowest BCUT2D eigenvalue weighted by molar-refractivity contribution is -0.132. The minimum absolute atomic E-state index is 0. The van der Waals surface area contributed by atoms with Crippen molar-refractivity contribution < 1.29 is 20.5 Å². The molecule has 3 atom stereocenters. The lowest BCUT2D eigenvalue weighted by atomic mass is 9.94. The molecule has 1 rings (SSSR count). The van der Waals surface area contributed by atoms with Gasteiger partial charge in [-0.05, 0) is 38.0 Å². The lowest BCUT2D eigenvalue weighted by Crippen LogP contribution is -2.34. The van der Waals surface area contributed by atoms with Crippen LogP contribution in [-0.2, 0) is 4.79 Å². The number of aliphatic hydroxyl groups excluding tert-OH is 1. The molecule has 1 saturated carbocycles. The van der Waals surface area contributed by atoms with Crippen LogP contribution in [0.5, 0.6) is 0 Å². The van der Waals surface area contributed by atoms with Gasteiger partial charge >= 0.3 is 5.97 Å². The number of aliphatic hydroxyl groups is 1. The molecule has 20 heavy (non-hydrogen) atoms. The first-order valence-electron chi connectivity index (χ1n) is 7.08. The number of carboxylic acid groups (broad SMARTS) is 1. The number of carboxylic acids is 1. The zero-order chi connectivity index (χ0) is 15.0. The van der Waals surface area contributed by atoms with Gasteiger partial charge in [-0.3, -0.25) is 0 Å². The van der Waals surface area contributed by atoms with Gasteiger partial charge in [0.15, 0.2) is 0 Å². The van der Waals surface area contributed by atoms with Crippen molar-refractivity contribution in [1.82, 2.24) is 0 Å². The number of carbonyl (C=O) groups is 1. The fourth-order valence-corrected chi connectivity index (χ4v) is 2.21. The Kier molecular flexibility index (Phi) is 11.6. The molecule has 0 heterocycles. The van der Waals surface area contributed by atoms with Gasteiger partial charge in [0.2, 0.25) is 0 Å². The number of hydrogen-bond acceptors (Lipinski definition) is 3. The molecule has 0 spiro atoms. The van der Waals surface area contributed by atoms with Crippen LogP contribution in [0.2, 0.25) is 0 Å². The first-order chi connectivity index (χ1) is 8.75. The van der Waals surface area contributed by atoms with Gasteiger partial charge < -0.3 is 21.4 Å². The van der Waals surface area contributed by atoms with E-state index in [0.29, 0.717) is 5.92 Å². The van der Waals surface area contributed by atoms with E-state index < -0.39 is 5.97 Å². The maximum absolute atomic E-state index is 9.60. The minimum atomic E-state index is -0.935. The largest absolute Gasteiger partial charge is 0.478 e. The van der Waals surface area contributed by atoms with Gasteiger partial charge in [-0.25, -0.2) is 4.79 Å². The zero-order valence-electron chi connectivity index (χ0n) is 12.9. The van der Waals surface area contributed by atoms with E-state index in [4.69, 9.17) is 10.8 Å². The average Bonchev–Trinajstić information content (AvgIpc) is 2.61. The van der Waals surface area contributed by atoms with Crippen LogP contribution in [0.25, 0.3) is 0 Å². The Labute approximate surface area is 122 Å². The van der Waals surface area contributed by atoms with Crippen LogP contribution in [0, 0.1) is 11.8 Å². The van der Waals surface area contributed by atoms with E-state index in [1.165, 1.54) is 26.2 Å². The SMILES string of the molecule is C=C(C)C(=O)O.CC(C)CCCC1CCC(O)C1N.O. The summed E-state index contributed by atoms with van der Waals surface area (Å²) in [5, 5.41) is 17.3. The standard InChI is InChI=1S/C11H23NO.C4H6O2.H2O/c1-8(2)4-3-5-9-6-7-10(13)11(9)12;1-3(2)4(5)6;/h8-11,13H,3-7,12H2,1-2H3;1H2,2H3,(H,5,6);1H2. The smallest absolute Gasteiger partial charge is 0.330 e. The van der Waals surface area contributed by atoms with Gasteiger partial charge in [0.05, 0.1) is 6.10 Å². The van der Waals surface area contributed by atoms with Crippen LogP contribution in [0.3, 0.4) is 0 Å². The molecule has 0 saturated heterocycles. The second kappa shape index (κ2) is 10.8. The summed E-state index contributed by atoms with van der Waals surface area (Å²) in [4.78, 5) is 9.60. The van der Waals surface area contributed by atoms with Gasteiger partial charge in [0, 0.05) is 11.6 Å². The summed E-state index contributed by atoms with van der Waals surface area (Å²) in [5.41, 5.74) is 6.07. The predicted octanol–water partition coefficient (Wildman–Crippen LogP) is 1.73. The molecule has 1 aliphatic carbocycles. The highest BCUT2D eigenvalue weighted by Gasteiger charge is 2.31. The molecule has 0 bridgehead atoms. The molecule has 5 heteroatoms. The third kappa shape index (κ3) is 9.07. The molecule has 0 radical (unpaired) electrons. The van der Waals surface area contributed by atoms with Crippen LogP contribution >= 0.6 is 0 Å². The second-order valence-electron chi connectivity index (χ2n) is 5.89. The normalized spacial score (nSPS) is 24.6. The van der Waals surface area contributed by atoms with Gasteiger partial charge in [-0.2, -0.15) is 0 Å². The fraction of sp³-hybridized carbons (Fsp3) is 0.800. The van der Waals surface area contributed by atoms with Crippen molar-refractivity contribution in [2.45, 2.75) is 65.0 Å². The summed E-state index contributed by atoms with van der Waals surface area (Å²) in [6.07, 6.45) is 5.57. The van der Waals surface area contributed by atoms with Crippen molar-refractivity contribution in [3.63, 3.8) is 0 Å². The molecule has 1 fully saturated rings. The number of rotatable bonds is 5. The van der Waals surface area contributed by atoms with Gasteiger partial charge in [-0.1, -0.05) is 33.3 Å². The van der Waals surface area contributed by atoms with Crippen LogP contribution in [0.1, 0.15) is 52.9 Å². The van der Waals surface area contributed by atoms with Crippen LogP contribution < -0.4 is 5.73 Å². The maximum Gasteiger partial charge on any atom is 0.330 e. The highest BCUT2D eigenvalue weighted by atomic mass is 16.4.